The van der Waals surface area contributed by atoms with Crippen molar-refractivity contribution in [2.75, 3.05) is 0 Å². The predicted molar refractivity (Wildman–Crippen MR) is 73.6 cm³/mol. The van der Waals surface area contributed by atoms with E-state index < -0.39 is 15.8 Å². The van der Waals surface area contributed by atoms with Crippen molar-refractivity contribution in [3.8, 4) is 0 Å². The van der Waals surface area contributed by atoms with Crippen molar-refractivity contribution in [1.82, 2.24) is 4.72 Å². The van der Waals surface area contributed by atoms with Gasteiger partial charge in [0, 0.05) is 11.6 Å². The highest BCUT2D eigenvalue weighted by Gasteiger charge is 2.20. The third kappa shape index (κ3) is 4.58. The molecule has 0 heterocycles. The largest absolute Gasteiger partial charge is 0.216 e. The maximum atomic E-state index is 13.5. The van der Waals surface area contributed by atoms with Crippen LogP contribution < -0.4 is 4.72 Å². The first-order valence-electron chi connectivity index (χ1n) is 6.80. The lowest BCUT2D eigenvalue weighted by Crippen LogP contribution is -2.35. The fourth-order valence-corrected chi connectivity index (χ4v) is 3.98. The number of hydrogen-bond donors (Lipinski definition) is 1. The molecule has 0 atom stereocenters. The number of hydrogen-bond acceptors (Lipinski definition) is 2. The number of rotatable bonds is 4. The zero-order valence-corrected chi connectivity index (χ0v) is 11.8. The standard InChI is InChI=1S/C14H20FNO2S/c15-14-10-6-5-7-12(14)11-19(17,18)16-13-8-3-1-2-4-9-13/h5-7,10,13,16H,1-4,8-9,11H2. The van der Waals surface area contributed by atoms with Gasteiger partial charge in [-0.05, 0) is 18.9 Å². The van der Waals surface area contributed by atoms with Gasteiger partial charge in [-0.15, -0.1) is 0 Å². The van der Waals surface area contributed by atoms with Crippen LogP contribution in [0.1, 0.15) is 44.1 Å². The summed E-state index contributed by atoms with van der Waals surface area (Å²) >= 11 is 0. The first kappa shape index (κ1) is 14.5. The van der Waals surface area contributed by atoms with Crippen LogP contribution in [0.2, 0.25) is 0 Å². The summed E-state index contributed by atoms with van der Waals surface area (Å²) in [4.78, 5) is 0. The Kier molecular flexibility index (Phi) is 4.93. The highest BCUT2D eigenvalue weighted by atomic mass is 32.2. The summed E-state index contributed by atoms with van der Waals surface area (Å²) in [6.07, 6.45) is 6.24. The van der Waals surface area contributed by atoms with Gasteiger partial charge in [-0.25, -0.2) is 17.5 Å². The second-order valence-electron chi connectivity index (χ2n) is 5.16. The van der Waals surface area contributed by atoms with Gasteiger partial charge in [-0.2, -0.15) is 0 Å². The van der Waals surface area contributed by atoms with Crippen molar-refractivity contribution < 1.29 is 12.8 Å². The van der Waals surface area contributed by atoms with Crippen LogP contribution in [0.25, 0.3) is 0 Å². The van der Waals surface area contributed by atoms with Crippen LogP contribution in [-0.4, -0.2) is 14.5 Å². The van der Waals surface area contributed by atoms with Gasteiger partial charge >= 0.3 is 0 Å². The molecule has 0 aliphatic heterocycles. The van der Waals surface area contributed by atoms with E-state index in [0.717, 1.165) is 25.7 Å². The second-order valence-corrected chi connectivity index (χ2v) is 6.91. The lowest BCUT2D eigenvalue weighted by atomic mass is 10.1. The van der Waals surface area contributed by atoms with Crippen LogP contribution in [0, 0.1) is 5.82 Å². The molecule has 0 aromatic heterocycles. The highest BCUT2D eigenvalue weighted by Crippen LogP contribution is 2.19. The van der Waals surface area contributed by atoms with E-state index in [9.17, 15) is 12.8 Å². The minimum atomic E-state index is -3.46. The predicted octanol–water partition coefficient (Wildman–Crippen LogP) is 2.97. The molecule has 0 amide bonds. The topological polar surface area (TPSA) is 46.2 Å². The quantitative estimate of drug-likeness (QED) is 0.865. The number of halogens is 1. The van der Waals surface area contributed by atoms with Gasteiger partial charge in [0.15, 0.2) is 0 Å². The summed E-state index contributed by atoms with van der Waals surface area (Å²) in [5.74, 6) is -0.746. The van der Waals surface area contributed by atoms with Crippen LogP contribution in [0.3, 0.4) is 0 Å². The zero-order chi connectivity index (χ0) is 13.7. The van der Waals surface area contributed by atoms with E-state index in [4.69, 9.17) is 0 Å². The van der Waals surface area contributed by atoms with E-state index in [1.165, 1.54) is 25.0 Å². The maximum Gasteiger partial charge on any atom is 0.216 e. The third-order valence-electron chi connectivity index (χ3n) is 3.50. The summed E-state index contributed by atoms with van der Waals surface area (Å²) in [5.41, 5.74) is 0.226. The molecule has 1 fully saturated rings. The first-order valence-corrected chi connectivity index (χ1v) is 8.45. The normalized spacial score (nSPS) is 18.2. The van der Waals surface area contributed by atoms with Crippen LogP contribution in [0.4, 0.5) is 4.39 Å². The maximum absolute atomic E-state index is 13.5. The molecule has 3 nitrogen and oxygen atoms in total. The average molecular weight is 285 g/mol. The van der Waals surface area contributed by atoms with Crippen LogP contribution in [0.5, 0.6) is 0 Å². The molecule has 1 aliphatic rings. The molecule has 0 radical (unpaired) electrons. The van der Waals surface area contributed by atoms with E-state index in [1.807, 2.05) is 0 Å². The van der Waals surface area contributed by atoms with Gasteiger partial charge in [0.05, 0.1) is 5.75 Å². The molecule has 0 saturated heterocycles. The minimum absolute atomic E-state index is 0.0132. The highest BCUT2D eigenvalue weighted by molar-refractivity contribution is 7.88. The molecular formula is C14H20FNO2S. The second kappa shape index (κ2) is 6.48. The van der Waals surface area contributed by atoms with Crippen molar-refractivity contribution in [1.29, 1.82) is 0 Å². The molecule has 19 heavy (non-hydrogen) atoms. The van der Waals surface area contributed by atoms with Gasteiger partial charge < -0.3 is 0 Å². The van der Waals surface area contributed by atoms with Crippen molar-refractivity contribution in [2.24, 2.45) is 0 Å². The van der Waals surface area contributed by atoms with Crippen LogP contribution >= 0.6 is 0 Å². The molecule has 1 aromatic carbocycles. The molecule has 0 bridgehead atoms. The van der Waals surface area contributed by atoms with E-state index >= 15 is 0 Å². The Balaban J connectivity index is 2.00. The van der Waals surface area contributed by atoms with Crippen LogP contribution in [0.15, 0.2) is 24.3 Å². The molecule has 2 rings (SSSR count). The van der Waals surface area contributed by atoms with E-state index in [1.54, 1.807) is 12.1 Å². The lowest BCUT2D eigenvalue weighted by Gasteiger charge is -2.16. The molecule has 5 heteroatoms. The summed E-state index contributed by atoms with van der Waals surface area (Å²) in [7, 11) is -3.46. The molecule has 106 valence electrons. The van der Waals surface area contributed by atoms with Gasteiger partial charge in [0.2, 0.25) is 10.0 Å². The Bertz CT molecular complexity index is 508. The molecule has 1 N–H and O–H groups in total. The zero-order valence-electron chi connectivity index (χ0n) is 10.9. The van der Waals surface area contributed by atoms with Crippen molar-refractivity contribution >= 4 is 10.0 Å². The lowest BCUT2D eigenvalue weighted by molar-refractivity contribution is 0.508. The van der Waals surface area contributed by atoms with Crippen molar-refractivity contribution in [3.63, 3.8) is 0 Å². The Hall–Kier alpha value is -0.940. The summed E-state index contributed by atoms with van der Waals surface area (Å²) in [6, 6.07) is 6.03. The Morgan fingerprint density at radius 2 is 1.74 bits per heavy atom. The molecule has 1 saturated carbocycles. The molecular weight excluding hydrogens is 265 g/mol. The van der Waals surface area contributed by atoms with Gasteiger partial charge in [-0.3, -0.25) is 0 Å². The number of benzene rings is 1. The van der Waals surface area contributed by atoms with E-state index in [0.29, 0.717) is 0 Å². The Morgan fingerprint density at radius 1 is 1.11 bits per heavy atom. The first-order chi connectivity index (χ1) is 9.07. The SMILES string of the molecule is O=S(=O)(Cc1ccccc1F)NC1CCCCCC1. The van der Waals surface area contributed by atoms with Gasteiger partial charge in [0.25, 0.3) is 0 Å². The Labute approximate surface area is 114 Å². The summed E-state index contributed by atoms with van der Waals surface area (Å²) in [6.45, 7) is 0. The fourth-order valence-electron chi connectivity index (χ4n) is 2.51. The third-order valence-corrected chi connectivity index (χ3v) is 4.89. The Morgan fingerprint density at radius 3 is 2.37 bits per heavy atom. The summed E-state index contributed by atoms with van der Waals surface area (Å²) in [5, 5.41) is 0. The molecule has 1 aromatic rings. The van der Waals surface area contributed by atoms with Gasteiger partial charge in [-0.1, -0.05) is 43.9 Å². The van der Waals surface area contributed by atoms with E-state index in [2.05, 4.69) is 4.72 Å². The molecule has 0 spiro atoms. The van der Waals surface area contributed by atoms with Crippen molar-refractivity contribution in [3.05, 3.63) is 35.6 Å². The van der Waals surface area contributed by atoms with Gasteiger partial charge in [0.1, 0.15) is 5.82 Å². The fraction of sp³-hybridized carbons (Fsp3) is 0.571. The monoisotopic (exact) mass is 285 g/mol. The smallest absolute Gasteiger partial charge is 0.212 e. The number of sulfonamides is 1. The van der Waals surface area contributed by atoms with Crippen molar-refractivity contribution in [2.45, 2.75) is 50.3 Å². The average Bonchev–Trinajstić information content (AvgIpc) is 2.60. The number of nitrogens with one attached hydrogen (secondary N) is 1. The van der Waals surface area contributed by atoms with E-state index in [-0.39, 0.29) is 17.4 Å². The summed E-state index contributed by atoms with van der Waals surface area (Å²) < 4.78 is 40.3. The molecule has 0 unspecified atom stereocenters. The minimum Gasteiger partial charge on any atom is -0.212 e. The molecule has 1 aliphatic carbocycles. The van der Waals surface area contributed by atoms with Crippen LogP contribution in [-0.2, 0) is 15.8 Å².